The topological polar surface area (TPSA) is 82.5 Å². The molecule has 0 aliphatic carbocycles. The van der Waals surface area contributed by atoms with Gasteiger partial charge in [-0.15, -0.1) is 0 Å². The number of amides is 1. The summed E-state index contributed by atoms with van der Waals surface area (Å²) in [6.07, 6.45) is 1.55. The molecule has 3 aromatic carbocycles. The quantitative estimate of drug-likeness (QED) is 0.392. The molecule has 5 rings (SSSR count). The molecule has 1 amide bonds. The van der Waals surface area contributed by atoms with Crippen LogP contribution < -0.4 is 20.3 Å². The molecule has 1 N–H and O–H groups in total. The van der Waals surface area contributed by atoms with Crippen molar-refractivity contribution in [2.75, 3.05) is 19.8 Å². The summed E-state index contributed by atoms with van der Waals surface area (Å²) in [4.78, 5) is 25.2. The number of nitrogens with one attached hydrogen (secondary N) is 1. The molecular weight excluding hydrogens is 466 g/mol. The van der Waals surface area contributed by atoms with Crippen LogP contribution in [0, 0.1) is 0 Å². The number of fused-ring (bicyclic) bond motifs is 1. The summed E-state index contributed by atoms with van der Waals surface area (Å²) in [5.74, 6) is 1.24. The van der Waals surface area contributed by atoms with E-state index in [1.807, 2.05) is 54.6 Å². The minimum absolute atomic E-state index is 0.154. The highest BCUT2D eigenvalue weighted by molar-refractivity contribution is 5.75. The van der Waals surface area contributed by atoms with Crippen molar-refractivity contribution in [1.29, 1.82) is 0 Å². The normalized spacial score (nSPS) is 12.7. The predicted molar refractivity (Wildman–Crippen MR) is 142 cm³/mol. The SMILES string of the molecule is O=C(Cn1nc(-c2ccc3c(c2)OCCCO3)ccc1=O)NCCC(c1ccccc1)c1ccccc1. The summed E-state index contributed by atoms with van der Waals surface area (Å²) in [7, 11) is 0. The Morgan fingerprint density at radius 2 is 1.54 bits per heavy atom. The summed E-state index contributed by atoms with van der Waals surface area (Å²) in [5, 5.41) is 7.40. The molecule has 0 fully saturated rings. The Labute approximate surface area is 215 Å². The maximum absolute atomic E-state index is 12.7. The van der Waals surface area contributed by atoms with E-state index in [1.165, 1.54) is 21.9 Å². The van der Waals surface area contributed by atoms with Crippen molar-refractivity contribution in [1.82, 2.24) is 15.1 Å². The van der Waals surface area contributed by atoms with Gasteiger partial charge in [-0.2, -0.15) is 5.10 Å². The molecule has 0 unspecified atom stereocenters. The van der Waals surface area contributed by atoms with E-state index in [4.69, 9.17) is 9.47 Å². The summed E-state index contributed by atoms with van der Waals surface area (Å²) in [6, 6.07) is 29.2. The molecule has 7 nitrogen and oxygen atoms in total. The zero-order valence-electron chi connectivity index (χ0n) is 20.5. The van der Waals surface area contributed by atoms with Crippen molar-refractivity contribution < 1.29 is 14.3 Å². The van der Waals surface area contributed by atoms with E-state index < -0.39 is 0 Å². The standard InChI is InChI=1S/C30H29N3O4/c34-29(31-17-16-25(22-8-3-1-4-9-22)23-10-5-2-6-11-23)21-33-30(35)15-13-26(32-33)24-12-14-27-28(20-24)37-19-7-18-36-27/h1-6,8-15,20,25H,7,16-19,21H2,(H,31,34). The third kappa shape index (κ3) is 6.06. The van der Waals surface area contributed by atoms with Gasteiger partial charge in [0.05, 0.1) is 18.9 Å². The molecule has 0 saturated heterocycles. The van der Waals surface area contributed by atoms with Gasteiger partial charge in [0.25, 0.3) is 5.56 Å². The molecule has 7 heteroatoms. The van der Waals surface area contributed by atoms with Crippen LogP contribution in [0.25, 0.3) is 11.3 Å². The Kier molecular flexibility index (Phi) is 7.60. The van der Waals surface area contributed by atoms with E-state index in [-0.39, 0.29) is 23.9 Å². The number of ether oxygens (including phenoxy) is 2. The number of aromatic nitrogens is 2. The average Bonchev–Trinajstić information content (AvgIpc) is 3.18. The van der Waals surface area contributed by atoms with Crippen molar-refractivity contribution in [3.8, 4) is 22.8 Å². The molecule has 4 aromatic rings. The highest BCUT2D eigenvalue weighted by Crippen LogP contribution is 2.33. The van der Waals surface area contributed by atoms with Gasteiger partial charge >= 0.3 is 0 Å². The summed E-state index contributed by atoms with van der Waals surface area (Å²) >= 11 is 0. The lowest BCUT2D eigenvalue weighted by Crippen LogP contribution is -2.34. The number of benzene rings is 3. The van der Waals surface area contributed by atoms with E-state index in [2.05, 4.69) is 34.7 Å². The summed E-state index contributed by atoms with van der Waals surface area (Å²) < 4.78 is 12.7. The molecule has 0 atom stereocenters. The van der Waals surface area contributed by atoms with E-state index >= 15 is 0 Å². The Bertz CT molecular complexity index is 1360. The molecule has 1 aliphatic heterocycles. The molecule has 0 saturated carbocycles. The summed E-state index contributed by atoms with van der Waals surface area (Å²) in [6.45, 7) is 1.52. The number of rotatable bonds is 8. The van der Waals surface area contributed by atoms with Gasteiger partial charge in [0, 0.05) is 30.5 Å². The monoisotopic (exact) mass is 495 g/mol. The number of hydrogen-bond acceptors (Lipinski definition) is 5. The molecule has 0 bridgehead atoms. The van der Waals surface area contributed by atoms with Gasteiger partial charge in [0.2, 0.25) is 5.91 Å². The van der Waals surface area contributed by atoms with Gasteiger partial charge in [0.1, 0.15) is 6.54 Å². The average molecular weight is 496 g/mol. The molecule has 37 heavy (non-hydrogen) atoms. The number of nitrogens with zero attached hydrogens (tertiary/aromatic N) is 2. The van der Waals surface area contributed by atoms with E-state index in [1.54, 1.807) is 6.07 Å². The third-order valence-electron chi connectivity index (χ3n) is 6.36. The molecule has 188 valence electrons. The van der Waals surface area contributed by atoms with Crippen molar-refractivity contribution in [3.05, 3.63) is 112 Å². The van der Waals surface area contributed by atoms with Crippen LogP contribution in [0.5, 0.6) is 11.5 Å². The van der Waals surface area contributed by atoms with Crippen molar-refractivity contribution in [2.24, 2.45) is 0 Å². The lowest BCUT2D eigenvalue weighted by molar-refractivity contribution is -0.121. The Balaban J connectivity index is 1.25. The van der Waals surface area contributed by atoms with Gasteiger partial charge in [-0.1, -0.05) is 60.7 Å². The Morgan fingerprint density at radius 3 is 2.24 bits per heavy atom. The van der Waals surface area contributed by atoms with Gasteiger partial charge in [-0.05, 0) is 41.8 Å². The largest absolute Gasteiger partial charge is 0.490 e. The first-order chi connectivity index (χ1) is 18.2. The van der Waals surface area contributed by atoms with Crippen LogP contribution in [0.4, 0.5) is 0 Å². The second kappa shape index (κ2) is 11.6. The highest BCUT2D eigenvalue weighted by atomic mass is 16.5. The van der Waals surface area contributed by atoms with Crippen molar-refractivity contribution in [2.45, 2.75) is 25.3 Å². The fraction of sp³-hybridized carbons (Fsp3) is 0.233. The molecule has 0 radical (unpaired) electrons. The lowest BCUT2D eigenvalue weighted by Gasteiger charge is -2.18. The highest BCUT2D eigenvalue weighted by Gasteiger charge is 2.16. The lowest BCUT2D eigenvalue weighted by atomic mass is 9.88. The summed E-state index contributed by atoms with van der Waals surface area (Å²) in [5.41, 5.74) is 3.43. The molecule has 2 heterocycles. The second-order valence-corrected chi connectivity index (χ2v) is 8.94. The maximum atomic E-state index is 12.7. The zero-order valence-corrected chi connectivity index (χ0v) is 20.5. The van der Waals surface area contributed by atoms with Gasteiger partial charge < -0.3 is 14.8 Å². The van der Waals surface area contributed by atoms with E-state index in [0.29, 0.717) is 37.0 Å². The molecule has 1 aliphatic rings. The predicted octanol–water partition coefficient (Wildman–Crippen LogP) is 4.41. The van der Waals surface area contributed by atoms with Crippen molar-refractivity contribution >= 4 is 5.91 Å². The first-order valence-electron chi connectivity index (χ1n) is 12.5. The smallest absolute Gasteiger partial charge is 0.267 e. The minimum Gasteiger partial charge on any atom is -0.490 e. The van der Waals surface area contributed by atoms with Crippen LogP contribution in [0.2, 0.25) is 0 Å². The molecular formula is C30H29N3O4. The fourth-order valence-corrected chi connectivity index (χ4v) is 4.48. The van der Waals surface area contributed by atoms with Gasteiger partial charge in [0.15, 0.2) is 11.5 Å². The Hall–Kier alpha value is -4.39. The van der Waals surface area contributed by atoms with E-state index in [9.17, 15) is 9.59 Å². The molecule has 0 spiro atoms. The van der Waals surface area contributed by atoms with Crippen molar-refractivity contribution in [3.63, 3.8) is 0 Å². The third-order valence-corrected chi connectivity index (χ3v) is 6.36. The minimum atomic E-state index is -0.334. The van der Waals surface area contributed by atoms with Gasteiger partial charge in [-0.25, -0.2) is 4.68 Å². The van der Waals surface area contributed by atoms with Crippen LogP contribution in [0.3, 0.4) is 0 Å². The zero-order chi connectivity index (χ0) is 25.5. The van der Waals surface area contributed by atoms with Gasteiger partial charge in [-0.3, -0.25) is 9.59 Å². The first-order valence-corrected chi connectivity index (χ1v) is 12.5. The van der Waals surface area contributed by atoms with Crippen LogP contribution in [0.1, 0.15) is 29.9 Å². The van der Waals surface area contributed by atoms with Crippen LogP contribution in [-0.4, -0.2) is 35.4 Å². The number of carbonyl (C=O) groups excluding carboxylic acids is 1. The molecule has 1 aromatic heterocycles. The number of hydrogen-bond donors (Lipinski definition) is 1. The van der Waals surface area contributed by atoms with E-state index in [0.717, 1.165) is 18.4 Å². The maximum Gasteiger partial charge on any atom is 0.267 e. The second-order valence-electron chi connectivity index (χ2n) is 8.94. The Morgan fingerprint density at radius 1 is 0.865 bits per heavy atom. The van der Waals surface area contributed by atoms with Crippen LogP contribution in [0.15, 0.2) is 95.8 Å². The number of carbonyl (C=O) groups is 1. The fourth-order valence-electron chi connectivity index (χ4n) is 4.48. The van der Waals surface area contributed by atoms with Crippen LogP contribution >= 0.6 is 0 Å². The first kappa shape index (κ1) is 24.3. The van der Waals surface area contributed by atoms with Crippen LogP contribution in [-0.2, 0) is 11.3 Å².